The lowest BCUT2D eigenvalue weighted by Gasteiger charge is -2.14. The Labute approximate surface area is 177 Å². The molecule has 0 aliphatic heterocycles. The number of rotatable bonds is 8. The topological polar surface area (TPSA) is 66.0 Å². The second-order valence-electron chi connectivity index (χ2n) is 6.86. The molecule has 0 spiro atoms. The Balaban J connectivity index is 1.70. The van der Waals surface area contributed by atoms with Crippen molar-refractivity contribution in [3.8, 4) is 5.75 Å². The first-order chi connectivity index (χ1) is 13.9. The first kappa shape index (κ1) is 22.6. The highest BCUT2D eigenvalue weighted by Gasteiger charge is 2.07. The molecule has 0 fully saturated rings. The lowest BCUT2D eigenvalue weighted by molar-refractivity contribution is 0.0827. The molecule has 0 aliphatic carbocycles. The Hall–Kier alpha value is -2.73. The molecule has 2 aromatic rings. The van der Waals surface area contributed by atoms with E-state index in [4.69, 9.17) is 16.3 Å². The lowest BCUT2D eigenvalue weighted by Crippen LogP contribution is -2.37. The Morgan fingerprint density at radius 2 is 1.86 bits per heavy atom. The molecule has 2 aromatic carbocycles. The molecule has 0 radical (unpaired) electrons. The van der Waals surface area contributed by atoms with E-state index in [1.807, 2.05) is 49.4 Å². The molecule has 0 heterocycles. The molecule has 0 saturated carbocycles. The molecule has 0 saturated heterocycles. The first-order valence-corrected chi connectivity index (χ1v) is 9.92. The molecule has 7 heteroatoms. The van der Waals surface area contributed by atoms with Gasteiger partial charge in [0.1, 0.15) is 5.75 Å². The number of aryl methyl sites for hydroxylation is 1. The van der Waals surface area contributed by atoms with Gasteiger partial charge >= 0.3 is 0 Å². The van der Waals surface area contributed by atoms with Crippen molar-refractivity contribution in [2.75, 3.05) is 34.3 Å². The second kappa shape index (κ2) is 11.3. The van der Waals surface area contributed by atoms with Crippen LogP contribution in [0.1, 0.15) is 27.9 Å². The summed E-state index contributed by atoms with van der Waals surface area (Å²) in [6, 6.07) is 13.2. The third-order valence-electron chi connectivity index (χ3n) is 4.30. The molecule has 156 valence electrons. The highest BCUT2D eigenvalue weighted by Crippen LogP contribution is 2.21. The zero-order valence-electron chi connectivity index (χ0n) is 17.5. The number of carbonyl (C=O) groups is 1. The highest BCUT2D eigenvalue weighted by molar-refractivity contribution is 6.30. The van der Waals surface area contributed by atoms with E-state index >= 15 is 0 Å². The van der Waals surface area contributed by atoms with Crippen LogP contribution in [0.3, 0.4) is 0 Å². The fraction of sp³-hybridized carbons (Fsp3) is 0.364. The quantitative estimate of drug-likeness (QED) is 0.393. The number of benzene rings is 2. The van der Waals surface area contributed by atoms with Crippen molar-refractivity contribution in [2.45, 2.75) is 19.9 Å². The van der Waals surface area contributed by atoms with E-state index in [1.54, 1.807) is 26.0 Å². The Morgan fingerprint density at radius 3 is 2.48 bits per heavy atom. The van der Waals surface area contributed by atoms with Gasteiger partial charge in [-0.05, 0) is 54.8 Å². The van der Waals surface area contributed by atoms with Gasteiger partial charge in [-0.1, -0.05) is 23.7 Å². The summed E-state index contributed by atoms with van der Waals surface area (Å²) in [4.78, 5) is 17.7. The van der Waals surface area contributed by atoms with Gasteiger partial charge in [0.15, 0.2) is 5.96 Å². The van der Waals surface area contributed by atoms with E-state index in [0.29, 0.717) is 23.7 Å². The molecule has 1 amide bonds. The Morgan fingerprint density at radius 1 is 1.14 bits per heavy atom. The van der Waals surface area contributed by atoms with Crippen LogP contribution in [0.2, 0.25) is 5.02 Å². The second-order valence-corrected chi connectivity index (χ2v) is 7.30. The number of aliphatic imine (C=N–C) groups is 1. The number of halogens is 1. The summed E-state index contributed by atoms with van der Waals surface area (Å²) in [6.07, 6.45) is 0.837. The Bertz CT molecular complexity index is 835. The summed E-state index contributed by atoms with van der Waals surface area (Å²) in [5.74, 6) is 1.58. The zero-order valence-corrected chi connectivity index (χ0v) is 18.2. The van der Waals surface area contributed by atoms with Crippen LogP contribution < -0.4 is 15.4 Å². The highest BCUT2D eigenvalue weighted by atomic mass is 35.5. The Kier molecular flexibility index (Phi) is 8.80. The summed E-state index contributed by atoms with van der Waals surface area (Å²) in [5, 5.41) is 7.25. The van der Waals surface area contributed by atoms with Crippen LogP contribution in [-0.2, 0) is 6.54 Å². The number of ether oxygens (including phenoxy) is 1. The minimum Gasteiger partial charge on any atom is -0.493 e. The molecule has 2 N–H and O–H groups in total. The third-order valence-corrected chi connectivity index (χ3v) is 4.53. The van der Waals surface area contributed by atoms with Crippen molar-refractivity contribution < 1.29 is 9.53 Å². The number of hydrogen-bond acceptors (Lipinski definition) is 3. The molecular formula is C22H29ClN4O2. The van der Waals surface area contributed by atoms with Gasteiger partial charge in [-0.15, -0.1) is 0 Å². The number of nitrogens with zero attached hydrogens (tertiary/aromatic N) is 2. The smallest absolute Gasteiger partial charge is 0.253 e. The maximum Gasteiger partial charge on any atom is 0.253 e. The molecule has 0 aliphatic rings. The number of hydrogen-bond donors (Lipinski definition) is 2. The van der Waals surface area contributed by atoms with Crippen molar-refractivity contribution in [1.29, 1.82) is 0 Å². The number of carbonyl (C=O) groups excluding carboxylic acids is 1. The van der Waals surface area contributed by atoms with Crippen molar-refractivity contribution in [3.63, 3.8) is 0 Å². The summed E-state index contributed by atoms with van der Waals surface area (Å²) < 4.78 is 5.79. The molecule has 0 atom stereocenters. The predicted octanol–water partition coefficient (Wildman–Crippen LogP) is 3.48. The predicted molar refractivity (Wildman–Crippen MR) is 119 cm³/mol. The van der Waals surface area contributed by atoms with Gasteiger partial charge in [-0.3, -0.25) is 9.79 Å². The van der Waals surface area contributed by atoms with E-state index in [2.05, 4.69) is 15.6 Å². The summed E-state index contributed by atoms with van der Waals surface area (Å²) in [7, 11) is 5.23. The van der Waals surface area contributed by atoms with Crippen molar-refractivity contribution in [1.82, 2.24) is 15.5 Å². The number of amides is 1. The lowest BCUT2D eigenvalue weighted by atomic mass is 10.1. The van der Waals surface area contributed by atoms with Crippen LogP contribution in [0.15, 0.2) is 47.5 Å². The van der Waals surface area contributed by atoms with Gasteiger partial charge in [-0.25, -0.2) is 0 Å². The van der Waals surface area contributed by atoms with Crippen LogP contribution >= 0.6 is 11.6 Å². The molecule has 2 rings (SSSR count). The van der Waals surface area contributed by atoms with Gasteiger partial charge in [0.2, 0.25) is 0 Å². The fourth-order valence-electron chi connectivity index (χ4n) is 2.67. The zero-order chi connectivity index (χ0) is 21.2. The average Bonchev–Trinajstić information content (AvgIpc) is 2.71. The molecule has 0 unspecified atom stereocenters. The molecule has 0 bridgehead atoms. The van der Waals surface area contributed by atoms with E-state index < -0.39 is 0 Å². The minimum absolute atomic E-state index is 0.00185. The van der Waals surface area contributed by atoms with Crippen LogP contribution in [0.4, 0.5) is 0 Å². The van der Waals surface area contributed by atoms with Crippen LogP contribution in [0.25, 0.3) is 0 Å². The van der Waals surface area contributed by atoms with Crippen LogP contribution in [0, 0.1) is 6.92 Å². The van der Waals surface area contributed by atoms with E-state index in [1.165, 1.54) is 0 Å². The molecule has 0 aromatic heterocycles. The van der Waals surface area contributed by atoms with Gasteiger partial charge in [-0.2, -0.15) is 0 Å². The first-order valence-electron chi connectivity index (χ1n) is 9.54. The van der Waals surface area contributed by atoms with Crippen LogP contribution in [-0.4, -0.2) is 51.1 Å². The van der Waals surface area contributed by atoms with E-state index in [-0.39, 0.29) is 5.91 Å². The van der Waals surface area contributed by atoms with Gasteiger partial charge in [0.05, 0.1) is 6.61 Å². The molecule has 6 nitrogen and oxygen atoms in total. The SMILES string of the molecule is CN=C(NCCCOc1ccc(Cl)cc1C)NCc1ccc(C(=O)N(C)C)cc1. The summed E-state index contributed by atoms with van der Waals surface area (Å²) in [5.41, 5.74) is 2.78. The van der Waals surface area contributed by atoms with E-state index in [9.17, 15) is 4.79 Å². The minimum atomic E-state index is -0.00185. The number of guanidine groups is 1. The van der Waals surface area contributed by atoms with Gasteiger partial charge in [0, 0.05) is 44.8 Å². The average molecular weight is 417 g/mol. The van der Waals surface area contributed by atoms with E-state index in [0.717, 1.165) is 35.8 Å². The van der Waals surface area contributed by atoms with Gasteiger partial charge < -0.3 is 20.3 Å². The van der Waals surface area contributed by atoms with Crippen molar-refractivity contribution in [3.05, 3.63) is 64.2 Å². The third kappa shape index (κ3) is 7.31. The summed E-state index contributed by atoms with van der Waals surface area (Å²) >= 11 is 5.96. The largest absolute Gasteiger partial charge is 0.493 e. The summed E-state index contributed by atoms with van der Waals surface area (Å²) in [6.45, 7) is 3.95. The number of nitrogens with one attached hydrogen (secondary N) is 2. The fourth-order valence-corrected chi connectivity index (χ4v) is 2.89. The monoisotopic (exact) mass is 416 g/mol. The molecule has 29 heavy (non-hydrogen) atoms. The maximum absolute atomic E-state index is 11.9. The standard InChI is InChI=1S/C22H29ClN4O2/c1-16-14-19(23)10-11-20(16)29-13-5-12-25-22(24-2)26-15-17-6-8-18(9-7-17)21(28)27(3)4/h6-11,14H,5,12-13,15H2,1-4H3,(H2,24,25,26). The maximum atomic E-state index is 11.9. The van der Waals surface area contributed by atoms with Crippen molar-refractivity contribution >= 4 is 23.5 Å². The van der Waals surface area contributed by atoms with Gasteiger partial charge in [0.25, 0.3) is 5.91 Å². The normalized spacial score (nSPS) is 11.1. The van der Waals surface area contributed by atoms with Crippen LogP contribution in [0.5, 0.6) is 5.75 Å². The van der Waals surface area contributed by atoms with Crippen molar-refractivity contribution in [2.24, 2.45) is 4.99 Å². The molecular weight excluding hydrogens is 388 g/mol.